The second-order valence-electron chi connectivity index (χ2n) is 6.92. The number of rotatable bonds is 5. The van der Waals surface area contributed by atoms with E-state index in [-0.39, 0.29) is 24.0 Å². The van der Waals surface area contributed by atoms with Crippen LogP contribution in [0.15, 0.2) is 66.7 Å². The molecule has 0 saturated heterocycles. The van der Waals surface area contributed by atoms with E-state index >= 15 is 0 Å². The van der Waals surface area contributed by atoms with Gasteiger partial charge in [0.05, 0.1) is 14.2 Å². The molecule has 0 spiro atoms. The van der Waals surface area contributed by atoms with E-state index in [2.05, 4.69) is 0 Å². The van der Waals surface area contributed by atoms with E-state index in [1.54, 1.807) is 37.5 Å². The number of hydrogen-bond donors (Lipinski definition) is 0. The highest BCUT2D eigenvalue weighted by atomic mass is 19.1. The Morgan fingerprint density at radius 2 is 1.70 bits per heavy atom. The lowest BCUT2D eigenvalue weighted by Gasteiger charge is -2.20. The molecule has 6 heteroatoms. The van der Waals surface area contributed by atoms with Crippen molar-refractivity contribution in [3.05, 3.63) is 94.8 Å². The Balaban J connectivity index is 1.54. The minimum absolute atomic E-state index is 0.194. The number of ketones is 1. The summed E-state index contributed by atoms with van der Waals surface area (Å²) in [5.41, 5.74) is 3.16. The summed E-state index contributed by atoms with van der Waals surface area (Å²) in [4.78, 5) is 12.9. The molecule has 0 bridgehead atoms. The van der Waals surface area contributed by atoms with Crippen LogP contribution in [-0.2, 0) is 17.9 Å². The fourth-order valence-corrected chi connectivity index (χ4v) is 3.34. The van der Waals surface area contributed by atoms with Crippen molar-refractivity contribution < 1.29 is 28.0 Å². The number of benzene rings is 2. The predicted molar refractivity (Wildman–Crippen MR) is 109 cm³/mol. The summed E-state index contributed by atoms with van der Waals surface area (Å²) in [6.07, 6.45) is 5.54. The number of halogens is 1. The smallest absolute Gasteiger partial charge is 0.228 e. The van der Waals surface area contributed by atoms with Crippen molar-refractivity contribution in [3.8, 4) is 11.5 Å². The average molecular weight is 406 g/mol. The summed E-state index contributed by atoms with van der Waals surface area (Å²) >= 11 is 0. The van der Waals surface area contributed by atoms with Crippen LogP contribution >= 0.6 is 0 Å². The van der Waals surface area contributed by atoms with E-state index in [4.69, 9.17) is 14.2 Å². The van der Waals surface area contributed by atoms with Crippen molar-refractivity contribution in [2.24, 2.45) is 0 Å². The van der Waals surface area contributed by atoms with Crippen molar-refractivity contribution in [1.82, 2.24) is 0 Å². The molecule has 0 saturated carbocycles. The molecular weight excluding hydrogens is 385 g/mol. The maximum absolute atomic E-state index is 13.0. The average Bonchev–Trinajstić information content (AvgIpc) is 2.77. The Morgan fingerprint density at radius 3 is 2.37 bits per heavy atom. The number of Topliss-reactive ketones (excluding diaryl/α,β-unsaturated/α-hetero) is 1. The number of pyridine rings is 1. The van der Waals surface area contributed by atoms with Crippen LogP contribution in [0.25, 0.3) is 6.08 Å². The molecule has 0 radical (unpaired) electrons. The minimum atomic E-state index is -0.250. The Morgan fingerprint density at radius 1 is 1.03 bits per heavy atom. The van der Waals surface area contributed by atoms with Gasteiger partial charge in [0, 0.05) is 28.8 Å². The van der Waals surface area contributed by atoms with E-state index in [0.29, 0.717) is 23.6 Å². The second kappa shape index (κ2) is 8.37. The maximum atomic E-state index is 13.0. The Labute approximate surface area is 174 Å². The first kappa shape index (κ1) is 19.6. The molecule has 3 aromatic rings. The molecule has 0 atom stereocenters. The normalized spacial score (nSPS) is 14.2. The standard InChI is InChI=1S/C24H21FNO4/c1-28-21-12-18-15-30-23(24(27)20(18)13-22(21)29-2)11-16-7-9-26(10-8-16)14-17-3-5-19(25)6-4-17/h3-13H,14-15H2,1-2H3/q+1/b23-11-. The first-order valence-corrected chi connectivity index (χ1v) is 9.45. The number of ether oxygens (including phenoxy) is 3. The lowest BCUT2D eigenvalue weighted by atomic mass is 9.98. The molecule has 0 aliphatic carbocycles. The maximum Gasteiger partial charge on any atom is 0.228 e. The lowest BCUT2D eigenvalue weighted by molar-refractivity contribution is -0.688. The fraction of sp³-hybridized carbons (Fsp3) is 0.167. The fourth-order valence-electron chi connectivity index (χ4n) is 3.34. The summed E-state index contributed by atoms with van der Waals surface area (Å²) in [6.45, 7) is 0.909. The molecule has 152 valence electrons. The van der Waals surface area contributed by atoms with Crippen molar-refractivity contribution in [1.29, 1.82) is 0 Å². The SMILES string of the molecule is COc1cc2c(cc1OC)C(=O)/C(=C/c1cc[n+](Cc3ccc(F)cc3)cc1)OC2. The zero-order valence-corrected chi connectivity index (χ0v) is 16.7. The van der Waals surface area contributed by atoms with Crippen LogP contribution in [0, 0.1) is 5.82 Å². The highest BCUT2D eigenvalue weighted by Gasteiger charge is 2.26. The summed E-state index contributed by atoms with van der Waals surface area (Å²) in [7, 11) is 3.09. The van der Waals surface area contributed by atoms with Gasteiger partial charge in [-0.2, -0.15) is 0 Å². The summed E-state index contributed by atoms with van der Waals surface area (Å²) < 4.78 is 31.3. The number of fused-ring (bicyclic) bond motifs is 1. The number of aromatic nitrogens is 1. The quantitative estimate of drug-likeness (QED) is 0.476. The van der Waals surface area contributed by atoms with Crippen molar-refractivity contribution >= 4 is 11.9 Å². The summed E-state index contributed by atoms with van der Waals surface area (Å²) in [5.74, 6) is 0.910. The van der Waals surface area contributed by atoms with Gasteiger partial charge >= 0.3 is 0 Å². The molecule has 5 nitrogen and oxygen atoms in total. The van der Waals surface area contributed by atoms with E-state index < -0.39 is 0 Å². The Hall–Kier alpha value is -3.67. The third kappa shape index (κ3) is 4.03. The van der Waals surface area contributed by atoms with Gasteiger partial charge < -0.3 is 14.2 Å². The Bertz CT molecular complexity index is 1110. The van der Waals surface area contributed by atoms with Crippen LogP contribution in [0.1, 0.15) is 27.0 Å². The molecule has 2 aromatic carbocycles. The zero-order valence-electron chi connectivity index (χ0n) is 16.7. The van der Waals surface area contributed by atoms with Gasteiger partial charge in [-0.3, -0.25) is 4.79 Å². The largest absolute Gasteiger partial charge is 0.493 e. The molecule has 1 aliphatic heterocycles. The molecule has 0 amide bonds. The number of hydrogen-bond acceptors (Lipinski definition) is 4. The first-order chi connectivity index (χ1) is 14.6. The van der Waals surface area contributed by atoms with E-state index in [0.717, 1.165) is 16.7 Å². The first-order valence-electron chi connectivity index (χ1n) is 9.45. The monoisotopic (exact) mass is 406 g/mol. The van der Waals surface area contributed by atoms with Crippen molar-refractivity contribution in [2.75, 3.05) is 14.2 Å². The third-order valence-electron chi connectivity index (χ3n) is 4.95. The van der Waals surface area contributed by atoms with Gasteiger partial charge in [0.1, 0.15) is 12.4 Å². The van der Waals surface area contributed by atoms with E-state index in [1.165, 1.54) is 19.2 Å². The molecule has 0 N–H and O–H groups in total. The highest BCUT2D eigenvalue weighted by molar-refractivity contribution is 6.11. The number of carbonyl (C=O) groups is 1. The van der Waals surface area contributed by atoms with Gasteiger partial charge in [-0.1, -0.05) is 0 Å². The molecule has 1 aromatic heterocycles. The van der Waals surface area contributed by atoms with Crippen LogP contribution in [-0.4, -0.2) is 20.0 Å². The zero-order chi connectivity index (χ0) is 21.1. The van der Waals surface area contributed by atoms with Crippen LogP contribution in [0.3, 0.4) is 0 Å². The van der Waals surface area contributed by atoms with Crippen LogP contribution < -0.4 is 14.0 Å². The van der Waals surface area contributed by atoms with E-state index in [9.17, 15) is 9.18 Å². The lowest BCUT2D eigenvalue weighted by Crippen LogP contribution is -2.33. The van der Waals surface area contributed by atoms with Gasteiger partial charge in [-0.15, -0.1) is 0 Å². The van der Waals surface area contributed by atoms with E-state index in [1.807, 2.05) is 29.1 Å². The van der Waals surface area contributed by atoms with Crippen molar-refractivity contribution in [2.45, 2.75) is 13.2 Å². The topological polar surface area (TPSA) is 48.6 Å². The second-order valence-corrected chi connectivity index (χ2v) is 6.92. The number of allylic oxidation sites excluding steroid dienone is 1. The number of methoxy groups -OCH3 is 2. The molecule has 1 aliphatic rings. The molecule has 30 heavy (non-hydrogen) atoms. The van der Waals surface area contributed by atoms with Crippen LogP contribution in [0.2, 0.25) is 0 Å². The van der Waals surface area contributed by atoms with Crippen LogP contribution in [0.5, 0.6) is 11.5 Å². The molecule has 0 unspecified atom stereocenters. The van der Waals surface area contributed by atoms with Crippen molar-refractivity contribution in [3.63, 3.8) is 0 Å². The third-order valence-corrected chi connectivity index (χ3v) is 4.95. The predicted octanol–water partition coefficient (Wildman–Crippen LogP) is 3.93. The van der Waals surface area contributed by atoms with Gasteiger partial charge in [-0.25, -0.2) is 8.96 Å². The van der Waals surface area contributed by atoms with Crippen LogP contribution in [0.4, 0.5) is 4.39 Å². The molecule has 2 heterocycles. The summed E-state index contributed by atoms with van der Waals surface area (Å²) in [5, 5.41) is 0. The minimum Gasteiger partial charge on any atom is -0.493 e. The van der Waals surface area contributed by atoms with Gasteiger partial charge in [0.25, 0.3) is 0 Å². The van der Waals surface area contributed by atoms with Gasteiger partial charge in [-0.05, 0) is 48.0 Å². The van der Waals surface area contributed by atoms with Gasteiger partial charge in [0.15, 0.2) is 36.2 Å². The molecular formula is C24H21FNO4+. The Kier molecular flexibility index (Phi) is 5.48. The molecule has 0 fully saturated rings. The van der Waals surface area contributed by atoms with Gasteiger partial charge in [0.2, 0.25) is 5.78 Å². The highest BCUT2D eigenvalue weighted by Crippen LogP contribution is 2.34. The number of nitrogens with zero attached hydrogens (tertiary/aromatic N) is 1. The molecule has 4 rings (SSSR count). The summed E-state index contributed by atoms with van der Waals surface area (Å²) in [6, 6.07) is 13.7. The number of carbonyl (C=O) groups excluding carboxylic acids is 1.